The van der Waals surface area contributed by atoms with Gasteiger partial charge in [-0.15, -0.1) is 0 Å². The number of nitrogens with zero attached hydrogens (tertiary/aromatic N) is 1. The number of anilines is 1. The first-order valence-corrected chi connectivity index (χ1v) is 7.08. The summed E-state index contributed by atoms with van der Waals surface area (Å²) in [7, 11) is -3.33. The van der Waals surface area contributed by atoms with Crippen molar-refractivity contribution < 1.29 is 13.5 Å². The zero-order valence-corrected chi connectivity index (χ0v) is 10.2. The van der Waals surface area contributed by atoms with E-state index in [0.29, 0.717) is 24.2 Å². The van der Waals surface area contributed by atoms with Crippen molar-refractivity contribution >= 4 is 15.7 Å². The average Bonchev–Trinajstić information content (AvgIpc) is 2.69. The highest BCUT2D eigenvalue weighted by Gasteiger charge is 2.30. The molecule has 1 aromatic rings. The van der Waals surface area contributed by atoms with Crippen molar-refractivity contribution in [1.82, 2.24) is 4.31 Å². The summed E-state index contributed by atoms with van der Waals surface area (Å²) < 4.78 is 25.4. The van der Waals surface area contributed by atoms with Gasteiger partial charge >= 0.3 is 0 Å². The molecule has 0 radical (unpaired) electrons. The molecule has 0 bridgehead atoms. The molecule has 1 heterocycles. The topological polar surface area (TPSA) is 83.6 Å². The quantitative estimate of drug-likeness (QED) is 0.755. The summed E-state index contributed by atoms with van der Waals surface area (Å²) in [5.74, 6) is -0.0417. The van der Waals surface area contributed by atoms with Crippen molar-refractivity contribution in [3.63, 3.8) is 0 Å². The van der Waals surface area contributed by atoms with Crippen molar-refractivity contribution in [3.05, 3.63) is 29.8 Å². The number of hydrogen-bond donors (Lipinski definition) is 2. The number of β-amino-alcohol motifs (C(OH)–C–C–N with tert-alkyl or cyclic N) is 1. The monoisotopic (exact) mass is 256 g/mol. The number of aliphatic hydroxyl groups is 1. The molecule has 3 N–H and O–H groups in total. The van der Waals surface area contributed by atoms with Gasteiger partial charge in [-0.05, 0) is 24.1 Å². The van der Waals surface area contributed by atoms with Crippen LogP contribution < -0.4 is 5.73 Å². The lowest BCUT2D eigenvalue weighted by atomic mass is 10.2. The van der Waals surface area contributed by atoms with Gasteiger partial charge in [0.1, 0.15) is 0 Å². The molecule has 1 saturated heterocycles. The zero-order valence-electron chi connectivity index (χ0n) is 9.41. The number of nitrogen functional groups attached to an aromatic ring is 1. The fourth-order valence-electron chi connectivity index (χ4n) is 1.88. The zero-order chi connectivity index (χ0) is 12.5. The van der Waals surface area contributed by atoms with E-state index in [1.54, 1.807) is 24.3 Å². The van der Waals surface area contributed by atoms with Gasteiger partial charge < -0.3 is 10.8 Å². The second kappa shape index (κ2) is 4.64. The van der Waals surface area contributed by atoms with Gasteiger partial charge in [0.25, 0.3) is 0 Å². The SMILES string of the molecule is Nc1ccc(CS(=O)(=O)N2CC[C@@H](O)C2)cc1. The van der Waals surface area contributed by atoms with E-state index in [-0.39, 0.29) is 12.3 Å². The van der Waals surface area contributed by atoms with E-state index in [4.69, 9.17) is 5.73 Å². The molecule has 1 fully saturated rings. The van der Waals surface area contributed by atoms with Gasteiger partial charge in [0.15, 0.2) is 0 Å². The van der Waals surface area contributed by atoms with Gasteiger partial charge in [0.05, 0.1) is 11.9 Å². The Labute approximate surface area is 101 Å². The fourth-order valence-corrected chi connectivity index (χ4v) is 3.46. The van der Waals surface area contributed by atoms with E-state index in [0.717, 1.165) is 0 Å². The highest BCUT2D eigenvalue weighted by Crippen LogP contribution is 2.18. The summed E-state index contributed by atoms with van der Waals surface area (Å²) in [5.41, 5.74) is 6.86. The van der Waals surface area contributed by atoms with Gasteiger partial charge in [-0.25, -0.2) is 8.42 Å². The van der Waals surface area contributed by atoms with Crippen LogP contribution in [0.25, 0.3) is 0 Å². The van der Waals surface area contributed by atoms with Crippen LogP contribution in [-0.2, 0) is 15.8 Å². The van der Waals surface area contributed by atoms with Gasteiger partial charge in [0.2, 0.25) is 10.0 Å². The van der Waals surface area contributed by atoms with Crippen molar-refractivity contribution in [1.29, 1.82) is 0 Å². The van der Waals surface area contributed by atoms with Crippen LogP contribution in [0.2, 0.25) is 0 Å². The summed E-state index contributed by atoms with van der Waals surface area (Å²) in [6, 6.07) is 6.78. The van der Waals surface area contributed by atoms with Crippen LogP contribution >= 0.6 is 0 Å². The highest BCUT2D eigenvalue weighted by molar-refractivity contribution is 7.88. The van der Waals surface area contributed by atoms with E-state index < -0.39 is 16.1 Å². The Morgan fingerprint density at radius 3 is 2.53 bits per heavy atom. The van der Waals surface area contributed by atoms with Crippen LogP contribution in [0.15, 0.2) is 24.3 Å². The molecule has 1 aliphatic heterocycles. The first kappa shape index (κ1) is 12.3. The number of rotatable bonds is 3. The van der Waals surface area contributed by atoms with Crippen molar-refractivity contribution in [2.45, 2.75) is 18.3 Å². The molecule has 0 spiro atoms. The molecule has 94 valence electrons. The Morgan fingerprint density at radius 1 is 1.35 bits per heavy atom. The van der Waals surface area contributed by atoms with Gasteiger partial charge in [-0.3, -0.25) is 0 Å². The lowest BCUT2D eigenvalue weighted by molar-refractivity contribution is 0.189. The molecule has 6 heteroatoms. The first-order chi connectivity index (χ1) is 7.97. The predicted molar refractivity (Wildman–Crippen MR) is 65.7 cm³/mol. The number of hydrogen-bond acceptors (Lipinski definition) is 4. The van der Waals surface area contributed by atoms with E-state index in [2.05, 4.69) is 0 Å². The first-order valence-electron chi connectivity index (χ1n) is 5.48. The molecule has 1 aliphatic rings. The van der Waals surface area contributed by atoms with E-state index in [1.165, 1.54) is 4.31 Å². The molecule has 5 nitrogen and oxygen atoms in total. The molecule has 0 aromatic heterocycles. The van der Waals surface area contributed by atoms with Crippen LogP contribution in [0.1, 0.15) is 12.0 Å². The molecule has 1 aromatic carbocycles. The Balaban J connectivity index is 2.09. The van der Waals surface area contributed by atoms with Crippen molar-refractivity contribution in [2.24, 2.45) is 0 Å². The predicted octanol–water partition coefficient (Wildman–Crippen LogP) is 0.165. The Morgan fingerprint density at radius 2 is 2.00 bits per heavy atom. The summed E-state index contributed by atoms with van der Waals surface area (Å²) in [4.78, 5) is 0. The molecule has 0 unspecified atom stereocenters. The van der Waals surface area contributed by atoms with E-state index in [1.807, 2.05) is 0 Å². The van der Waals surface area contributed by atoms with Gasteiger partial charge in [-0.1, -0.05) is 12.1 Å². The maximum absolute atomic E-state index is 12.0. The van der Waals surface area contributed by atoms with Crippen LogP contribution in [0, 0.1) is 0 Å². The fraction of sp³-hybridized carbons (Fsp3) is 0.455. The average molecular weight is 256 g/mol. The third-order valence-electron chi connectivity index (χ3n) is 2.85. The smallest absolute Gasteiger partial charge is 0.218 e. The lowest BCUT2D eigenvalue weighted by Gasteiger charge is -2.15. The van der Waals surface area contributed by atoms with E-state index >= 15 is 0 Å². The molecule has 0 aliphatic carbocycles. The second-order valence-electron chi connectivity index (χ2n) is 4.30. The van der Waals surface area contributed by atoms with Crippen molar-refractivity contribution in [3.8, 4) is 0 Å². The highest BCUT2D eigenvalue weighted by atomic mass is 32.2. The van der Waals surface area contributed by atoms with Crippen LogP contribution in [0.5, 0.6) is 0 Å². The third-order valence-corrected chi connectivity index (χ3v) is 4.66. The maximum Gasteiger partial charge on any atom is 0.218 e. The lowest BCUT2D eigenvalue weighted by Crippen LogP contribution is -2.30. The number of benzene rings is 1. The molecule has 1 atom stereocenters. The van der Waals surface area contributed by atoms with Gasteiger partial charge in [-0.2, -0.15) is 4.31 Å². The number of sulfonamides is 1. The summed E-state index contributed by atoms with van der Waals surface area (Å²) >= 11 is 0. The van der Waals surface area contributed by atoms with E-state index in [9.17, 15) is 13.5 Å². The normalized spacial score (nSPS) is 21.8. The van der Waals surface area contributed by atoms with Crippen molar-refractivity contribution in [2.75, 3.05) is 18.8 Å². The standard InChI is InChI=1S/C11H16N2O3S/c12-10-3-1-9(2-4-10)8-17(15,16)13-6-5-11(14)7-13/h1-4,11,14H,5-8,12H2/t11-/m1/s1. The van der Waals surface area contributed by atoms with Gasteiger partial charge in [0, 0.05) is 18.8 Å². The third kappa shape index (κ3) is 2.96. The Kier molecular flexibility index (Phi) is 3.37. The molecular formula is C11H16N2O3S. The minimum absolute atomic E-state index is 0.0417. The molecule has 2 rings (SSSR count). The number of aliphatic hydroxyl groups excluding tert-OH is 1. The van der Waals surface area contributed by atoms with Crippen LogP contribution in [-0.4, -0.2) is 37.0 Å². The number of nitrogens with two attached hydrogens (primary N) is 1. The maximum atomic E-state index is 12.0. The molecule has 0 saturated carbocycles. The summed E-state index contributed by atoms with van der Waals surface area (Å²) in [5, 5.41) is 9.34. The second-order valence-corrected chi connectivity index (χ2v) is 6.27. The summed E-state index contributed by atoms with van der Waals surface area (Å²) in [6.07, 6.45) is -0.0165. The minimum Gasteiger partial charge on any atom is -0.399 e. The van der Waals surface area contributed by atoms with Crippen LogP contribution in [0.3, 0.4) is 0 Å². The minimum atomic E-state index is -3.33. The molecule has 17 heavy (non-hydrogen) atoms. The molecular weight excluding hydrogens is 240 g/mol. The van der Waals surface area contributed by atoms with Crippen LogP contribution in [0.4, 0.5) is 5.69 Å². The Hall–Kier alpha value is -1.11. The summed E-state index contributed by atoms with van der Waals surface area (Å²) in [6.45, 7) is 0.607. The Bertz CT molecular complexity index is 484. The molecule has 0 amide bonds. The largest absolute Gasteiger partial charge is 0.399 e.